The second-order valence-electron chi connectivity index (χ2n) is 6.08. The molecule has 1 saturated heterocycles. The molecule has 9 heteroatoms. The summed E-state index contributed by atoms with van der Waals surface area (Å²) in [5, 5.41) is 18.7. The Bertz CT molecular complexity index is 854. The summed E-state index contributed by atoms with van der Waals surface area (Å²) in [6.45, 7) is 1.23. The zero-order chi connectivity index (χ0) is 18.8. The summed E-state index contributed by atoms with van der Waals surface area (Å²) in [6.07, 6.45) is -3.30. The number of aliphatic hydroxyl groups excluding tert-OH is 2. The average Bonchev–Trinajstić information content (AvgIpc) is 2.90. The van der Waals surface area contributed by atoms with Crippen LogP contribution in [0, 0.1) is 6.92 Å². The number of hydrogen-bond donors (Lipinski definition) is 2. The largest absolute Gasteiger partial charge is 0.394 e. The minimum atomic E-state index is -1.88. The van der Waals surface area contributed by atoms with Gasteiger partial charge in [-0.3, -0.25) is 14.3 Å². The molecule has 3 rings (SSSR count). The third-order valence-corrected chi connectivity index (χ3v) is 4.21. The highest BCUT2D eigenvalue weighted by Gasteiger charge is 2.45. The molecule has 0 spiro atoms. The first-order valence-electron chi connectivity index (χ1n) is 8.03. The van der Waals surface area contributed by atoms with Crippen LogP contribution in [0.15, 0.2) is 35.4 Å². The lowest BCUT2D eigenvalue weighted by Gasteiger charge is -2.15. The van der Waals surface area contributed by atoms with E-state index in [1.54, 1.807) is 19.1 Å². The molecule has 0 aliphatic carbocycles. The van der Waals surface area contributed by atoms with E-state index in [2.05, 4.69) is 9.97 Å². The van der Waals surface area contributed by atoms with E-state index in [4.69, 9.17) is 9.84 Å². The molecule has 0 bridgehead atoms. The summed E-state index contributed by atoms with van der Waals surface area (Å²) in [7, 11) is 0. The van der Waals surface area contributed by atoms with Gasteiger partial charge in [-0.05, 0) is 25.1 Å². The maximum Gasteiger partial charge on any atom is 0.350 e. The first kappa shape index (κ1) is 18.3. The van der Waals surface area contributed by atoms with Crippen LogP contribution in [0.1, 0.15) is 28.0 Å². The van der Waals surface area contributed by atoms with Crippen LogP contribution in [0.3, 0.4) is 0 Å². The fourth-order valence-electron chi connectivity index (χ4n) is 2.72. The minimum absolute atomic E-state index is 0.104. The van der Waals surface area contributed by atoms with E-state index < -0.39 is 36.9 Å². The van der Waals surface area contributed by atoms with Crippen molar-refractivity contribution >= 4 is 5.78 Å². The second kappa shape index (κ2) is 7.40. The van der Waals surface area contributed by atoms with E-state index in [1.807, 2.05) is 0 Å². The van der Waals surface area contributed by atoms with Crippen molar-refractivity contribution < 1.29 is 24.1 Å². The Morgan fingerprint density at radius 1 is 1.38 bits per heavy atom. The van der Waals surface area contributed by atoms with Crippen LogP contribution in [-0.2, 0) is 11.2 Å². The molecule has 138 valence electrons. The number of aliphatic hydroxyl groups is 2. The van der Waals surface area contributed by atoms with Gasteiger partial charge in [0.25, 0.3) is 0 Å². The Labute approximate surface area is 147 Å². The molecule has 0 radical (unpaired) electrons. The SMILES string of the molecule is Cc1ccc(C(=O)Cc2ccn([C@@H]3O[C@H](CO)[C@@H](O)[C@H]3F)c(=O)n2)cn1. The van der Waals surface area contributed by atoms with E-state index in [0.717, 1.165) is 10.3 Å². The van der Waals surface area contributed by atoms with Gasteiger partial charge in [0.15, 0.2) is 18.2 Å². The molecule has 2 aromatic heterocycles. The van der Waals surface area contributed by atoms with Gasteiger partial charge in [-0.15, -0.1) is 0 Å². The number of alkyl halides is 1. The zero-order valence-corrected chi connectivity index (χ0v) is 13.9. The first-order valence-corrected chi connectivity index (χ1v) is 8.03. The number of carbonyl (C=O) groups is 1. The Balaban J connectivity index is 1.77. The fraction of sp³-hybridized carbons (Fsp3) is 0.412. The summed E-state index contributed by atoms with van der Waals surface area (Å²) < 4.78 is 20.2. The number of nitrogens with zero attached hydrogens (tertiary/aromatic N) is 3. The van der Waals surface area contributed by atoms with Gasteiger partial charge in [-0.1, -0.05) is 0 Å². The Kier molecular flexibility index (Phi) is 5.21. The lowest BCUT2D eigenvalue weighted by atomic mass is 10.1. The molecule has 0 aromatic carbocycles. The van der Waals surface area contributed by atoms with E-state index in [0.29, 0.717) is 5.56 Å². The van der Waals surface area contributed by atoms with Gasteiger partial charge >= 0.3 is 5.69 Å². The number of carbonyl (C=O) groups excluding carboxylic acids is 1. The van der Waals surface area contributed by atoms with E-state index in [1.165, 1.54) is 18.5 Å². The lowest BCUT2D eigenvalue weighted by molar-refractivity contribution is -0.0491. The standard InChI is InChI=1S/C17H18FN3O5/c1-9-2-3-10(7-19-9)12(23)6-11-4-5-21(17(25)20-11)16-14(18)15(24)13(8-22)26-16/h2-5,7,13-16,22,24H,6,8H2,1H3/t13-,14-,15-,16-/m1/s1. The van der Waals surface area contributed by atoms with Crippen molar-refractivity contribution in [3.05, 3.63) is 58.0 Å². The molecule has 8 nitrogen and oxygen atoms in total. The van der Waals surface area contributed by atoms with Crippen LogP contribution in [-0.4, -0.2) is 55.5 Å². The van der Waals surface area contributed by atoms with E-state index in [-0.39, 0.29) is 17.9 Å². The molecular weight excluding hydrogens is 345 g/mol. The molecule has 1 aliphatic rings. The number of hydrogen-bond acceptors (Lipinski definition) is 7. The maximum atomic E-state index is 14.1. The molecule has 26 heavy (non-hydrogen) atoms. The summed E-state index contributed by atoms with van der Waals surface area (Å²) in [6, 6.07) is 4.76. The summed E-state index contributed by atoms with van der Waals surface area (Å²) >= 11 is 0. The van der Waals surface area contributed by atoms with Crippen molar-refractivity contribution in [3.8, 4) is 0 Å². The number of pyridine rings is 1. The van der Waals surface area contributed by atoms with Crippen molar-refractivity contribution in [1.82, 2.24) is 14.5 Å². The highest BCUT2D eigenvalue weighted by atomic mass is 19.1. The van der Waals surface area contributed by atoms with Gasteiger partial charge in [0.1, 0.15) is 12.2 Å². The molecule has 2 aromatic rings. The van der Waals surface area contributed by atoms with Crippen LogP contribution in [0.2, 0.25) is 0 Å². The van der Waals surface area contributed by atoms with Crippen LogP contribution in [0.5, 0.6) is 0 Å². The molecule has 0 unspecified atom stereocenters. The number of ether oxygens (including phenoxy) is 1. The third kappa shape index (κ3) is 3.55. The van der Waals surface area contributed by atoms with Gasteiger partial charge < -0.3 is 14.9 Å². The Morgan fingerprint density at radius 3 is 2.73 bits per heavy atom. The van der Waals surface area contributed by atoms with Gasteiger partial charge in [0, 0.05) is 23.7 Å². The maximum absolute atomic E-state index is 14.1. The third-order valence-electron chi connectivity index (χ3n) is 4.21. The van der Waals surface area contributed by atoms with Gasteiger partial charge in [-0.2, -0.15) is 4.98 Å². The van der Waals surface area contributed by atoms with Crippen LogP contribution in [0.25, 0.3) is 0 Å². The van der Waals surface area contributed by atoms with Gasteiger partial charge in [0.2, 0.25) is 0 Å². The van der Waals surface area contributed by atoms with Crippen molar-refractivity contribution in [2.45, 2.75) is 38.0 Å². The quantitative estimate of drug-likeness (QED) is 0.717. The average molecular weight is 363 g/mol. The summed E-state index contributed by atoms with van der Waals surface area (Å²) in [4.78, 5) is 32.2. The lowest BCUT2D eigenvalue weighted by Crippen LogP contribution is -2.33. The number of Topliss-reactive ketones (excluding diaryl/α,β-unsaturated/α-hetero) is 1. The molecule has 1 fully saturated rings. The molecule has 3 heterocycles. The zero-order valence-electron chi connectivity index (χ0n) is 13.9. The van der Waals surface area contributed by atoms with Gasteiger partial charge in [0.05, 0.1) is 18.7 Å². The molecule has 0 amide bonds. The fourth-order valence-corrected chi connectivity index (χ4v) is 2.72. The van der Waals surface area contributed by atoms with Crippen LogP contribution in [0.4, 0.5) is 4.39 Å². The molecule has 1 aliphatic heterocycles. The summed E-state index contributed by atoms with van der Waals surface area (Å²) in [5.41, 5.74) is 0.599. The molecule has 0 saturated carbocycles. The smallest absolute Gasteiger partial charge is 0.350 e. The second-order valence-corrected chi connectivity index (χ2v) is 6.08. The number of ketones is 1. The van der Waals surface area contributed by atoms with Crippen molar-refractivity contribution in [3.63, 3.8) is 0 Å². The topological polar surface area (TPSA) is 115 Å². The van der Waals surface area contributed by atoms with Crippen LogP contribution >= 0.6 is 0 Å². The number of halogens is 1. The first-order chi connectivity index (χ1) is 12.4. The molecule has 2 N–H and O–H groups in total. The van der Waals surface area contributed by atoms with E-state index in [9.17, 15) is 19.1 Å². The number of aryl methyl sites for hydroxylation is 1. The normalized spacial score (nSPS) is 25.4. The van der Waals surface area contributed by atoms with Crippen molar-refractivity contribution in [2.75, 3.05) is 6.61 Å². The van der Waals surface area contributed by atoms with Gasteiger partial charge in [-0.25, -0.2) is 9.18 Å². The predicted octanol–water partition coefficient (Wildman–Crippen LogP) is -0.0392. The Hall–Kier alpha value is -2.49. The van der Waals surface area contributed by atoms with Crippen molar-refractivity contribution in [2.24, 2.45) is 0 Å². The van der Waals surface area contributed by atoms with Crippen LogP contribution < -0.4 is 5.69 Å². The molecular formula is C17H18FN3O5. The highest BCUT2D eigenvalue weighted by molar-refractivity contribution is 5.96. The number of rotatable bonds is 5. The highest BCUT2D eigenvalue weighted by Crippen LogP contribution is 2.30. The van der Waals surface area contributed by atoms with E-state index >= 15 is 0 Å². The monoisotopic (exact) mass is 363 g/mol. The van der Waals surface area contributed by atoms with Crippen molar-refractivity contribution in [1.29, 1.82) is 0 Å². The summed E-state index contributed by atoms with van der Waals surface area (Å²) in [5.74, 6) is -0.251. The Morgan fingerprint density at radius 2 is 2.15 bits per heavy atom. The number of aromatic nitrogens is 3. The predicted molar refractivity (Wildman–Crippen MR) is 87.4 cm³/mol. The molecule has 4 atom stereocenters. The minimum Gasteiger partial charge on any atom is -0.394 e.